The Kier molecular flexibility index (Phi) is 14.2. The normalized spacial score (nSPS) is 14.0. The molecule has 0 radical (unpaired) electrons. The molecule has 4 atom stereocenters. The van der Waals surface area contributed by atoms with Crippen molar-refractivity contribution in [1.29, 1.82) is 0 Å². The zero-order valence-electron chi connectivity index (χ0n) is 29.6. The summed E-state index contributed by atoms with van der Waals surface area (Å²) in [5.41, 5.74) is 2.09. The number of benzene rings is 4. The fraction of sp³-hybridized carbons (Fsp3) is 0.439. The Labute approximate surface area is 291 Å². The van der Waals surface area contributed by atoms with E-state index in [2.05, 4.69) is 78.3 Å². The van der Waals surface area contributed by atoms with Crippen LogP contribution in [0.3, 0.4) is 0 Å². The maximum absolute atomic E-state index is 14.2. The van der Waals surface area contributed by atoms with E-state index in [0.717, 1.165) is 39.1 Å². The van der Waals surface area contributed by atoms with Crippen LogP contribution in [0.5, 0.6) is 0 Å². The molecule has 8 heteroatoms. The topological polar surface area (TPSA) is 117 Å². The van der Waals surface area contributed by atoms with E-state index in [0.29, 0.717) is 31.7 Å². The van der Waals surface area contributed by atoms with Crippen LogP contribution in [0.4, 0.5) is 0 Å². The summed E-state index contributed by atoms with van der Waals surface area (Å²) < 4.78 is 5.80. The van der Waals surface area contributed by atoms with Crippen molar-refractivity contribution in [1.82, 2.24) is 16.0 Å². The number of rotatable bonds is 18. The minimum absolute atomic E-state index is 0.133. The molecule has 4 rings (SSSR count). The van der Waals surface area contributed by atoms with E-state index in [1.165, 1.54) is 0 Å². The van der Waals surface area contributed by atoms with Gasteiger partial charge in [-0.25, -0.2) is 0 Å². The monoisotopic (exact) mass is 667 g/mol. The Morgan fingerprint density at radius 2 is 1.29 bits per heavy atom. The van der Waals surface area contributed by atoms with Gasteiger partial charge >= 0.3 is 0 Å². The Bertz CT molecular complexity index is 1600. The second-order valence-electron chi connectivity index (χ2n) is 13.6. The molecule has 0 spiro atoms. The number of carbonyl (C=O) groups is 3. The molecule has 0 bridgehead atoms. The summed E-state index contributed by atoms with van der Waals surface area (Å²) in [6.45, 7) is 10.6. The predicted octanol–water partition coefficient (Wildman–Crippen LogP) is 6.32. The Hall–Kier alpha value is -4.27. The number of carbonyl (C=O) groups excluding carboxylic acids is 3. The number of nitrogens with one attached hydrogen (secondary N) is 3. The van der Waals surface area contributed by atoms with Gasteiger partial charge in [0.2, 0.25) is 18.0 Å². The third-order valence-electron chi connectivity index (χ3n) is 9.16. The van der Waals surface area contributed by atoms with Crippen LogP contribution in [0, 0.1) is 17.8 Å². The maximum atomic E-state index is 14.2. The minimum atomic E-state index is -1.28. The fourth-order valence-electron chi connectivity index (χ4n) is 6.24. The summed E-state index contributed by atoms with van der Waals surface area (Å²) in [6.07, 6.45) is -0.229. The standard InChI is InChI=1S/C41H53N3O5/c1-6-28(5)26-42-38(46)25-37(45)36(22-27(3)4)43-40(48)41(49-7-2)44-39(47)33(23-31-18-12-16-29-14-8-10-20-34(29)31)24-32-19-13-17-30-15-9-11-21-35(30)32/h8-21,27-28,33,36-37,41,45H,6-7,22-26H2,1-5H3,(H,42,46)(H,43,48)(H,44,47)/t28-,36-,37-,41?/m0/s1. The van der Waals surface area contributed by atoms with Crippen molar-refractivity contribution in [3.8, 4) is 0 Å². The van der Waals surface area contributed by atoms with Gasteiger partial charge in [-0.15, -0.1) is 0 Å². The third-order valence-corrected chi connectivity index (χ3v) is 9.16. The van der Waals surface area contributed by atoms with Crippen molar-refractivity contribution in [2.45, 2.75) is 85.1 Å². The third kappa shape index (κ3) is 10.9. The van der Waals surface area contributed by atoms with E-state index in [4.69, 9.17) is 4.74 Å². The summed E-state index contributed by atoms with van der Waals surface area (Å²) in [5.74, 6) is -1.19. The van der Waals surface area contributed by atoms with Gasteiger partial charge < -0.3 is 25.8 Å². The first-order valence-corrected chi connectivity index (χ1v) is 17.7. The fourth-order valence-corrected chi connectivity index (χ4v) is 6.24. The van der Waals surface area contributed by atoms with Crippen molar-refractivity contribution in [2.24, 2.45) is 17.8 Å². The van der Waals surface area contributed by atoms with Gasteiger partial charge in [0.1, 0.15) is 0 Å². The zero-order chi connectivity index (χ0) is 35.3. The first-order valence-electron chi connectivity index (χ1n) is 17.7. The Balaban J connectivity index is 1.56. The van der Waals surface area contributed by atoms with Crippen LogP contribution in [0.25, 0.3) is 21.5 Å². The van der Waals surface area contributed by atoms with E-state index < -0.39 is 30.2 Å². The molecule has 262 valence electrons. The largest absolute Gasteiger partial charge is 0.390 e. The summed E-state index contributed by atoms with van der Waals surface area (Å²) in [7, 11) is 0. The molecule has 0 aliphatic carbocycles. The molecule has 0 aliphatic rings. The molecular formula is C41H53N3O5. The van der Waals surface area contributed by atoms with E-state index in [9.17, 15) is 19.5 Å². The van der Waals surface area contributed by atoms with Crippen LogP contribution < -0.4 is 16.0 Å². The van der Waals surface area contributed by atoms with Crippen molar-refractivity contribution < 1.29 is 24.2 Å². The maximum Gasteiger partial charge on any atom is 0.270 e. The molecule has 0 aliphatic heterocycles. The van der Waals surface area contributed by atoms with Crippen LogP contribution in [0.15, 0.2) is 84.9 Å². The summed E-state index contributed by atoms with van der Waals surface area (Å²) >= 11 is 0. The average molecular weight is 668 g/mol. The number of amides is 3. The summed E-state index contributed by atoms with van der Waals surface area (Å²) in [5, 5.41) is 24.1. The van der Waals surface area contributed by atoms with Crippen molar-refractivity contribution in [2.75, 3.05) is 13.2 Å². The molecule has 3 amide bonds. The van der Waals surface area contributed by atoms with Gasteiger partial charge in [-0.1, -0.05) is 119 Å². The molecule has 49 heavy (non-hydrogen) atoms. The smallest absolute Gasteiger partial charge is 0.270 e. The van der Waals surface area contributed by atoms with Gasteiger partial charge in [0.05, 0.1) is 18.6 Å². The number of aliphatic hydroxyl groups excluding tert-OH is 1. The molecule has 0 heterocycles. The van der Waals surface area contributed by atoms with Gasteiger partial charge in [-0.2, -0.15) is 0 Å². The molecule has 4 aromatic carbocycles. The molecule has 0 fully saturated rings. The van der Waals surface area contributed by atoms with Gasteiger partial charge in [-0.05, 0) is 70.7 Å². The SMILES string of the molecule is CCOC(NC(=O)C(Cc1cccc2ccccc12)Cc1cccc2ccccc12)C(=O)N[C@@H](CC(C)C)[C@@H](O)CC(=O)NC[C@@H](C)CC. The molecule has 0 saturated heterocycles. The van der Waals surface area contributed by atoms with Crippen LogP contribution >= 0.6 is 0 Å². The second kappa shape index (κ2) is 18.5. The minimum Gasteiger partial charge on any atom is -0.390 e. The lowest BCUT2D eigenvalue weighted by Gasteiger charge is -2.28. The molecule has 4 aromatic rings. The average Bonchev–Trinajstić information content (AvgIpc) is 3.09. The highest BCUT2D eigenvalue weighted by Crippen LogP contribution is 2.26. The number of hydrogen-bond donors (Lipinski definition) is 4. The zero-order valence-corrected chi connectivity index (χ0v) is 29.6. The Morgan fingerprint density at radius 1 is 0.735 bits per heavy atom. The number of ether oxygens (including phenoxy) is 1. The van der Waals surface area contributed by atoms with Crippen LogP contribution in [-0.2, 0) is 32.0 Å². The number of hydrogen-bond acceptors (Lipinski definition) is 5. The highest BCUT2D eigenvalue weighted by molar-refractivity contribution is 5.91. The molecule has 0 aromatic heterocycles. The molecule has 1 unspecified atom stereocenters. The highest BCUT2D eigenvalue weighted by Gasteiger charge is 2.31. The highest BCUT2D eigenvalue weighted by atomic mass is 16.5. The van der Waals surface area contributed by atoms with E-state index in [1.54, 1.807) is 6.92 Å². The van der Waals surface area contributed by atoms with Crippen molar-refractivity contribution >= 4 is 39.3 Å². The van der Waals surface area contributed by atoms with E-state index in [1.807, 2.05) is 50.2 Å². The van der Waals surface area contributed by atoms with Gasteiger partial charge in [0.15, 0.2) is 0 Å². The predicted molar refractivity (Wildman–Crippen MR) is 197 cm³/mol. The van der Waals surface area contributed by atoms with E-state index in [-0.39, 0.29) is 30.8 Å². The molecule has 0 saturated carbocycles. The van der Waals surface area contributed by atoms with Crippen molar-refractivity contribution in [3.63, 3.8) is 0 Å². The first-order chi connectivity index (χ1) is 23.6. The molecular weight excluding hydrogens is 614 g/mol. The lowest BCUT2D eigenvalue weighted by Crippen LogP contribution is -2.55. The lowest BCUT2D eigenvalue weighted by molar-refractivity contribution is -0.143. The first kappa shape index (κ1) is 37.5. The van der Waals surface area contributed by atoms with Crippen molar-refractivity contribution in [3.05, 3.63) is 96.1 Å². The Morgan fingerprint density at radius 3 is 1.82 bits per heavy atom. The molecule has 4 N–H and O–H groups in total. The summed E-state index contributed by atoms with van der Waals surface area (Å²) in [4.78, 5) is 40.6. The summed E-state index contributed by atoms with van der Waals surface area (Å²) in [6, 6.07) is 27.8. The quantitative estimate of drug-likeness (QED) is 0.0928. The van der Waals surface area contributed by atoms with Crippen LogP contribution in [0.2, 0.25) is 0 Å². The van der Waals surface area contributed by atoms with Crippen LogP contribution in [0.1, 0.15) is 65.0 Å². The number of aliphatic hydroxyl groups is 1. The van der Waals surface area contributed by atoms with Gasteiger partial charge in [0.25, 0.3) is 5.91 Å². The second-order valence-corrected chi connectivity index (χ2v) is 13.6. The van der Waals surface area contributed by atoms with Crippen LogP contribution in [-0.4, -0.2) is 54.4 Å². The van der Waals surface area contributed by atoms with Gasteiger partial charge in [0, 0.05) is 19.1 Å². The van der Waals surface area contributed by atoms with E-state index >= 15 is 0 Å². The molecule has 8 nitrogen and oxygen atoms in total. The lowest BCUT2D eigenvalue weighted by atomic mass is 9.88. The van der Waals surface area contributed by atoms with Gasteiger partial charge in [-0.3, -0.25) is 14.4 Å². The number of fused-ring (bicyclic) bond motifs is 2.